The van der Waals surface area contributed by atoms with Crippen LogP contribution >= 0.6 is 11.8 Å². The largest absolute Gasteiger partial charge is 0.297 e. The van der Waals surface area contributed by atoms with E-state index in [0.29, 0.717) is 6.04 Å². The lowest BCUT2D eigenvalue weighted by molar-refractivity contribution is 0.0948. The summed E-state index contributed by atoms with van der Waals surface area (Å²) in [6.07, 6.45) is 1.62. The number of thioether (sulfide) groups is 1. The number of nitrogens with two attached hydrogens (primary N) is 1. The highest BCUT2D eigenvalue weighted by Gasteiger charge is 2.18. The van der Waals surface area contributed by atoms with Crippen LogP contribution in [0.1, 0.15) is 17.4 Å². The first-order chi connectivity index (χ1) is 8.70. The Labute approximate surface area is 110 Å². The van der Waals surface area contributed by atoms with Gasteiger partial charge in [0.1, 0.15) is 0 Å². The maximum atomic E-state index is 11.2. The quantitative estimate of drug-likeness (QED) is 0.428. The van der Waals surface area contributed by atoms with E-state index in [1.165, 1.54) is 11.5 Å². The van der Waals surface area contributed by atoms with Gasteiger partial charge in [-0.25, -0.2) is 5.84 Å². The van der Waals surface area contributed by atoms with Crippen molar-refractivity contribution >= 4 is 17.7 Å². The minimum atomic E-state index is -0.413. The van der Waals surface area contributed by atoms with Crippen LogP contribution in [0.5, 0.6) is 0 Å². The van der Waals surface area contributed by atoms with E-state index in [2.05, 4.69) is 22.1 Å². The second-order valence-corrected chi connectivity index (χ2v) is 5.45. The molecule has 2 heterocycles. The van der Waals surface area contributed by atoms with Crippen molar-refractivity contribution in [2.24, 2.45) is 5.84 Å². The van der Waals surface area contributed by atoms with Gasteiger partial charge in [-0.15, -0.1) is 5.10 Å². The smallest absolute Gasteiger partial charge is 0.287 e. The molecule has 0 aliphatic carbocycles. The molecular weight excluding hydrogens is 252 g/mol. The summed E-state index contributed by atoms with van der Waals surface area (Å²) < 4.78 is 1.68. The zero-order valence-electron chi connectivity index (χ0n) is 10.4. The Bertz CT molecular complexity index is 409. The Hall–Kier alpha value is -1.12. The van der Waals surface area contributed by atoms with Gasteiger partial charge in [-0.2, -0.15) is 11.8 Å². The number of amides is 1. The summed E-state index contributed by atoms with van der Waals surface area (Å²) in [5, 5.41) is 7.68. The fraction of sp³-hybridized carbons (Fsp3) is 0.700. The summed E-state index contributed by atoms with van der Waals surface area (Å²) in [6, 6.07) is 0.596. The molecule has 8 heteroatoms. The van der Waals surface area contributed by atoms with Gasteiger partial charge in [0, 0.05) is 30.6 Å². The number of nitrogens with one attached hydrogen (secondary N) is 1. The van der Waals surface area contributed by atoms with E-state index in [-0.39, 0.29) is 5.69 Å². The molecule has 18 heavy (non-hydrogen) atoms. The van der Waals surface area contributed by atoms with Crippen molar-refractivity contribution in [1.29, 1.82) is 0 Å². The zero-order valence-corrected chi connectivity index (χ0v) is 11.2. The second-order valence-electron chi connectivity index (χ2n) is 4.30. The number of hydrogen-bond acceptors (Lipinski definition) is 6. The van der Waals surface area contributed by atoms with E-state index >= 15 is 0 Å². The molecule has 0 radical (unpaired) electrons. The zero-order chi connectivity index (χ0) is 13.0. The van der Waals surface area contributed by atoms with Crippen LogP contribution in [0.3, 0.4) is 0 Å². The first kappa shape index (κ1) is 13.3. The molecule has 3 N–H and O–H groups in total. The molecule has 100 valence electrons. The second kappa shape index (κ2) is 6.17. The summed E-state index contributed by atoms with van der Waals surface area (Å²) in [4.78, 5) is 13.7. The normalized spacial score (nSPS) is 20.9. The van der Waals surface area contributed by atoms with Crippen molar-refractivity contribution in [2.75, 3.05) is 24.6 Å². The maximum absolute atomic E-state index is 11.2. The number of aromatic nitrogens is 3. The molecule has 1 amide bonds. The van der Waals surface area contributed by atoms with E-state index in [1.807, 2.05) is 17.2 Å². The minimum absolute atomic E-state index is 0.250. The molecule has 0 saturated carbocycles. The van der Waals surface area contributed by atoms with E-state index in [0.717, 1.165) is 19.6 Å². The molecule has 1 aromatic rings. The third-order valence-electron chi connectivity index (χ3n) is 3.02. The molecule has 0 spiro atoms. The van der Waals surface area contributed by atoms with Crippen LogP contribution in [0.25, 0.3) is 0 Å². The number of carbonyl (C=O) groups is 1. The van der Waals surface area contributed by atoms with Crippen molar-refractivity contribution in [3.63, 3.8) is 0 Å². The summed E-state index contributed by atoms with van der Waals surface area (Å²) >= 11 is 2.00. The van der Waals surface area contributed by atoms with E-state index in [1.54, 1.807) is 10.9 Å². The summed E-state index contributed by atoms with van der Waals surface area (Å²) in [6.45, 7) is 5.01. The van der Waals surface area contributed by atoms with E-state index in [9.17, 15) is 4.79 Å². The van der Waals surface area contributed by atoms with Crippen molar-refractivity contribution in [3.05, 3.63) is 11.9 Å². The van der Waals surface area contributed by atoms with Gasteiger partial charge >= 0.3 is 0 Å². The topological polar surface area (TPSA) is 89.1 Å². The number of rotatable bonds is 4. The van der Waals surface area contributed by atoms with Crippen molar-refractivity contribution < 1.29 is 4.79 Å². The van der Waals surface area contributed by atoms with E-state index < -0.39 is 5.91 Å². The summed E-state index contributed by atoms with van der Waals surface area (Å²) in [7, 11) is 0. The molecule has 0 aromatic carbocycles. The van der Waals surface area contributed by atoms with Gasteiger partial charge in [0.15, 0.2) is 5.69 Å². The Balaban J connectivity index is 1.86. The molecule has 1 atom stereocenters. The molecule has 0 bridgehead atoms. The van der Waals surface area contributed by atoms with Crippen molar-refractivity contribution in [2.45, 2.75) is 19.5 Å². The lowest BCUT2D eigenvalue weighted by atomic mass is 10.3. The Morgan fingerprint density at radius 3 is 3.22 bits per heavy atom. The number of hydrazine groups is 1. The average Bonchev–Trinajstić information content (AvgIpc) is 2.86. The maximum Gasteiger partial charge on any atom is 0.287 e. The van der Waals surface area contributed by atoms with E-state index in [4.69, 9.17) is 5.84 Å². The van der Waals surface area contributed by atoms with Gasteiger partial charge in [-0.1, -0.05) is 5.21 Å². The predicted molar refractivity (Wildman–Crippen MR) is 70.0 cm³/mol. The monoisotopic (exact) mass is 270 g/mol. The first-order valence-electron chi connectivity index (χ1n) is 5.93. The Morgan fingerprint density at radius 2 is 2.50 bits per heavy atom. The molecule has 1 aliphatic rings. The fourth-order valence-electron chi connectivity index (χ4n) is 1.91. The summed E-state index contributed by atoms with van der Waals surface area (Å²) in [5.74, 6) is 6.98. The standard InChI is InChI=1S/C10H18N6OS/c1-8-7-18-5-4-15(8)2-3-16-6-9(13-14-16)10(17)12-11/h6,8H,2-5,7,11H2,1H3,(H,12,17). The minimum Gasteiger partial charge on any atom is -0.297 e. The lowest BCUT2D eigenvalue weighted by Gasteiger charge is -2.32. The van der Waals surface area contributed by atoms with Gasteiger partial charge in [0.2, 0.25) is 0 Å². The highest BCUT2D eigenvalue weighted by Crippen LogP contribution is 2.15. The van der Waals surface area contributed by atoms with Crippen LogP contribution in [0.15, 0.2) is 6.20 Å². The van der Waals surface area contributed by atoms with Gasteiger partial charge in [-0.05, 0) is 6.92 Å². The van der Waals surface area contributed by atoms with Gasteiger partial charge in [0.25, 0.3) is 5.91 Å². The Kier molecular flexibility index (Phi) is 4.56. The van der Waals surface area contributed by atoms with Gasteiger partial charge in [-0.3, -0.25) is 19.8 Å². The van der Waals surface area contributed by atoms with Crippen LogP contribution < -0.4 is 11.3 Å². The third-order valence-corrected chi connectivity index (χ3v) is 4.21. The lowest BCUT2D eigenvalue weighted by Crippen LogP contribution is -2.42. The molecule has 1 fully saturated rings. The highest BCUT2D eigenvalue weighted by molar-refractivity contribution is 7.99. The third kappa shape index (κ3) is 3.21. The average molecular weight is 270 g/mol. The molecule has 1 aliphatic heterocycles. The number of hydrogen-bond donors (Lipinski definition) is 2. The number of nitrogens with zero attached hydrogens (tertiary/aromatic N) is 4. The first-order valence-corrected chi connectivity index (χ1v) is 7.09. The number of nitrogen functional groups attached to an aromatic ring is 1. The number of carbonyl (C=O) groups excluding carboxylic acids is 1. The molecule has 1 unspecified atom stereocenters. The predicted octanol–water partition coefficient (Wildman–Crippen LogP) is -0.681. The van der Waals surface area contributed by atoms with Gasteiger partial charge in [0.05, 0.1) is 12.7 Å². The van der Waals surface area contributed by atoms with Crippen LogP contribution in [0.2, 0.25) is 0 Å². The molecular formula is C10H18N6OS. The molecule has 2 rings (SSSR count). The summed E-state index contributed by atoms with van der Waals surface area (Å²) in [5.41, 5.74) is 2.29. The van der Waals surface area contributed by atoms with Crippen LogP contribution in [-0.4, -0.2) is 56.4 Å². The van der Waals surface area contributed by atoms with Gasteiger partial charge < -0.3 is 0 Å². The van der Waals surface area contributed by atoms with Crippen molar-refractivity contribution in [1.82, 2.24) is 25.3 Å². The molecule has 1 aromatic heterocycles. The van der Waals surface area contributed by atoms with Crippen LogP contribution in [0, 0.1) is 0 Å². The SMILES string of the molecule is CC1CSCCN1CCn1cc(C(=O)NN)nn1. The Morgan fingerprint density at radius 1 is 1.67 bits per heavy atom. The van der Waals surface area contributed by atoms with Crippen molar-refractivity contribution in [3.8, 4) is 0 Å². The van der Waals surface area contributed by atoms with Crippen LogP contribution in [-0.2, 0) is 6.54 Å². The molecule has 1 saturated heterocycles. The highest BCUT2D eigenvalue weighted by atomic mass is 32.2. The molecule has 7 nitrogen and oxygen atoms in total. The fourth-order valence-corrected chi connectivity index (χ4v) is 2.99. The van der Waals surface area contributed by atoms with Crippen LogP contribution in [0.4, 0.5) is 0 Å².